The SMILES string of the molecule is Nc1cc([N+](=O)[O-])cc(N2CCCCC2CO)n1. The highest BCUT2D eigenvalue weighted by molar-refractivity contribution is 5.54. The van der Waals surface area contributed by atoms with Crippen LogP contribution in [0.5, 0.6) is 0 Å². The number of anilines is 2. The first-order valence-electron chi connectivity index (χ1n) is 5.91. The standard InChI is InChI=1S/C11H16N4O3/c12-10-5-9(15(17)18)6-11(13-10)14-4-2-1-3-8(14)7-16/h5-6,8,16H,1-4,7H2,(H2,12,13). The Morgan fingerprint density at radius 1 is 1.56 bits per heavy atom. The zero-order valence-corrected chi connectivity index (χ0v) is 9.95. The summed E-state index contributed by atoms with van der Waals surface area (Å²) in [6.45, 7) is 0.753. The van der Waals surface area contributed by atoms with E-state index in [-0.39, 0.29) is 24.2 Å². The molecule has 0 aliphatic carbocycles. The van der Waals surface area contributed by atoms with Crippen LogP contribution >= 0.6 is 0 Å². The Balaban J connectivity index is 2.33. The molecule has 98 valence electrons. The van der Waals surface area contributed by atoms with Crippen molar-refractivity contribution in [1.82, 2.24) is 4.98 Å². The number of nitrogen functional groups attached to an aromatic ring is 1. The first-order chi connectivity index (χ1) is 8.61. The molecule has 1 saturated heterocycles. The molecule has 7 heteroatoms. The average molecular weight is 252 g/mol. The summed E-state index contributed by atoms with van der Waals surface area (Å²) in [6, 6.07) is 2.61. The Hall–Kier alpha value is -1.89. The fourth-order valence-corrected chi connectivity index (χ4v) is 2.27. The topological polar surface area (TPSA) is 106 Å². The van der Waals surface area contributed by atoms with Crippen molar-refractivity contribution < 1.29 is 10.0 Å². The van der Waals surface area contributed by atoms with Crippen LogP contribution in [-0.2, 0) is 0 Å². The normalized spacial score (nSPS) is 19.8. The van der Waals surface area contributed by atoms with Crippen LogP contribution in [0.4, 0.5) is 17.3 Å². The molecule has 2 heterocycles. The van der Waals surface area contributed by atoms with Gasteiger partial charge in [-0.2, -0.15) is 0 Å². The van der Waals surface area contributed by atoms with Gasteiger partial charge in [0.2, 0.25) is 0 Å². The molecule has 0 radical (unpaired) electrons. The Kier molecular flexibility index (Phi) is 3.61. The number of aliphatic hydroxyl groups excluding tert-OH is 1. The molecule has 1 atom stereocenters. The second-order valence-corrected chi connectivity index (χ2v) is 4.39. The number of hydrogen-bond acceptors (Lipinski definition) is 6. The minimum atomic E-state index is -0.487. The number of aromatic nitrogens is 1. The largest absolute Gasteiger partial charge is 0.394 e. The lowest BCUT2D eigenvalue weighted by atomic mass is 10.0. The van der Waals surface area contributed by atoms with E-state index in [1.165, 1.54) is 12.1 Å². The number of pyridine rings is 1. The molecular formula is C11H16N4O3. The van der Waals surface area contributed by atoms with E-state index in [2.05, 4.69) is 4.98 Å². The van der Waals surface area contributed by atoms with E-state index in [4.69, 9.17) is 5.73 Å². The van der Waals surface area contributed by atoms with Gasteiger partial charge < -0.3 is 15.7 Å². The summed E-state index contributed by atoms with van der Waals surface area (Å²) in [6.07, 6.45) is 2.90. The van der Waals surface area contributed by atoms with Gasteiger partial charge in [0, 0.05) is 6.54 Å². The van der Waals surface area contributed by atoms with Crippen molar-refractivity contribution in [1.29, 1.82) is 0 Å². The molecule has 0 saturated carbocycles. The first kappa shape index (κ1) is 12.6. The smallest absolute Gasteiger partial charge is 0.276 e. The van der Waals surface area contributed by atoms with Crippen molar-refractivity contribution >= 4 is 17.3 Å². The zero-order chi connectivity index (χ0) is 13.1. The van der Waals surface area contributed by atoms with E-state index in [9.17, 15) is 15.2 Å². The first-order valence-corrected chi connectivity index (χ1v) is 5.91. The molecule has 18 heavy (non-hydrogen) atoms. The van der Waals surface area contributed by atoms with Crippen LogP contribution in [0.1, 0.15) is 19.3 Å². The summed E-state index contributed by atoms with van der Waals surface area (Å²) >= 11 is 0. The monoisotopic (exact) mass is 252 g/mol. The van der Waals surface area contributed by atoms with Crippen molar-refractivity contribution in [2.24, 2.45) is 0 Å². The third-order valence-electron chi connectivity index (χ3n) is 3.16. The highest BCUT2D eigenvalue weighted by Gasteiger charge is 2.24. The van der Waals surface area contributed by atoms with Gasteiger partial charge in [0.25, 0.3) is 5.69 Å². The number of aliphatic hydroxyl groups is 1. The quantitative estimate of drug-likeness (QED) is 0.612. The predicted molar refractivity (Wildman–Crippen MR) is 67.4 cm³/mol. The highest BCUT2D eigenvalue weighted by Crippen LogP contribution is 2.27. The maximum Gasteiger partial charge on any atom is 0.276 e. The van der Waals surface area contributed by atoms with Crippen LogP contribution in [0.2, 0.25) is 0 Å². The van der Waals surface area contributed by atoms with E-state index < -0.39 is 4.92 Å². The molecule has 1 unspecified atom stereocenters. The Bertz CT molecular complexity index is 452. The number of piperidine rings is 1. The summed E-state index contributed by atoms with van der Waals surface area (Å²) < 4.78 is 0. The summed E-state index contributed by atoms with van der Waals surface area (Å²) in [5.74, 6) is 0.599. The van der Waals surface area contributed by atoms with E-state index in [0.717, 1.165) is 25.8 Å². The molecule has 1 aliphatic rings. The van der Waals surface area contributed by atoms with Gasteiger partial charge >= 0.3 is 0 Å². The summed E-state index contributed by atoms with van der Waals surface area (Å²) in [5, 5.41) is 20.1. The highest BCUT2D eigenvalue weighted by atomic mass is 16.6. The molecular weight excluding hydrogens is 236 g/mol. The maximum absolute atomic E-state index is 10.8. The molecule has 0 amide bonds. The van der Waals surface area contributed by atoms with Gasteiger partial charge in [-0.05, 0) is 19.3 Å². The minimum absolute atomic E-state index is 0.0181. The van der Waals surface area contributed by atoms with Crippen molar-refractivity contribution in [3.05, 3.63) is 22.2 Å². The van der Waals surface area contributed by atoms with E-state index in [0.29, 0.717) is 5.82 Å². The fraction of sp³-hybridized carbons (Fsp3) is 0.545. The minimum Gasteiger partial charge on any atom is -0.394 e. The van der Waals surface area contributed by atoms with Crippen LogP contribution in [0.15, 0.2) is 12.1 Å². The van der Waals surface area contributed by atoms with Crippen LogP contribution in [0.3, 0.4) is 0 Å². The predicted octanol–water partition coefficient (Wildman–Crippen LogP) is 0.923. The molecule has 1 fully saturated rings. The lowest BCUT2D eigenvalue weighted by Gasteiger charge is -2.35. The second-order valence-electron chi connectivity index (χ2n) is 4.39. The van der Waals surface area contributed by atoms with Crippen molar-refractivity contribution in [3.8, 4) is 0 Å². The van der Waals surface area contributed by atoms with Gasteiger partial charge in [0.15, 0.2) is 0 Å². The number of nitro groups is 1. The van der Waals surface area contributed by atoms with Crippen LogP contribution in [0, 0.1) is 10.1 Å². The summed E-state index contributed by atoms with van der Waals surface area (Å²) in [7, 11) is 0. The van der Waals surface area contributed by atoms with E-state index in [1.807, 2.05) is 4.90 Å². The molecule has 2 rings (SSSR count). The fourth-order valence-electron chi connectivity index (χ4n) is 2.27. The van der Waals surface area contributed by atoms with Crippen LogP contribution in [-0.4, -0.2) is 34.2 Å². The Morgan fingerprint density at radius 2 is 2.33 bits per heavy atom. The average Bonchev–Trinajstić information content (AvgIpc) is 2.38. The molecule has 1 aromatic heterocycles. The summed E-state index contributed by atoms with van der Waals surface area (Å²) in [5.41, 5.74) is 5.52. The van der Waals surface area contributed by atoms with Gasteiger partial charge in [0.05, 0.1) is 29.7 Å². The van der Waals surface area contributed by atoms with Crippen molar-refractivity contribution in [2.75, 3.05) is 23.8 Å². The van der Waals surface area contributed by atoms with Crippen molar-refractivity contribution in [2.45, 2.75) is 25.3 Å². The van der Waals surface area contributed by atoms with Crippen molar-refractivity contribution in [3.63, 3.8) is 0 Å². The molecule has 0 spiro atoms. The van der Waals surface area contributed by atoms with Gasteiger partial charge in [0.1, 0.15) is 11.6 Å². The van der Waals surface area contributed by atoms with E-state index >= 15 is 0 Å². The second kappa shape index (κ2) is 5.18. The lowest BCUT2D eigenvalue weighted by Crippen LogP contribution is -2.42. The molecule has 0 aromatic carbocycles. The third kappa shape index (κ3) is 2.51. The van der Waals surface area contributed by atoms with Crippen LogP contribution in [0.25, 0.3) is 0 Å². The van der Waals surface area contributed by atoms with Gasteiger partial charge in [-0.15, -0.1) is 0 Å². The van der Waals surface area contributed by atoms with Gasteiger partial charge in [-0.25, -0.2) is 4.98 Å². The number of nitrogens with two attached hydrogens (primary N) is 1. The number of rotatable bonds is 3. The maximum atomic E-state index is 10.8. The zero-order valence-electron chi connectivity index (χ0n) is 9.95. The molecule has 0 bridgehead atoms. The lowest BCUT2D eigenvalue weighted by molar-refractivity contribution is -0.384. The molecule has 7 nitrogen and oxygen atoms in total. The third-order valence-corrected chi connectivity index (χ3v) is 3.16. The Morgan fingerprint density at radius 3 is 3.00 bits per heavy atom. The molecule has 1 aliphatic heterocycles. The van der Waals surface area contributed by atoms with Gasteiger partial charge in [-0.1, -0.05) is 0 Å². The number of nitrogens with zero attached hydrogens (tertiary/aromatic N) is 3. The molecule has 1 aromatic rings. The van der Waals surface area contributed by atoms with Crippen LogP contribution < -0.4 is 10.6 Å². The van der Waals surface area contributed by atoms with E-state index in [1.54, 1.807) is 0 Å². The Labute approximate surface area is 104 Å². The van der Waals surface area contributed by atoms with Gasteiger partial charge in [-0.3, -0.25) is 10.1 Å². The number of hydrogen-bond donors (Lipinski definition) is 2. The summed E-state index contributed by atoms with van der Waals surface area (Å²) in [4.78, 5) is 16.3. The molecule has 3 N–H and O–H groups in total.